The van der Waals surface area contributed by atoms with Crippen LogP contribution in [0.4, 0.5) is 8.78 Å². The quantitative estimate of drug-likeness (QED) is 0.645. The molecule has 0 bridgehead atoms. The average Bonchev–Trinajstić information content (AvgIpc) is 2.48. The van der Waals surface area contributed by atoms with Crippen LogP contribution in [0.3, 0.4) is 0 Å². The van der Waals surface area contributed by atoms with Gasteiger partial charge in [0, 0.05) is 11.1 Å². The first kappa shape index (κ1) is 14.7. The van der Waals surface area contributed by atoms with Gasteiger partial charge in [-0.05, 0) is 48.1 Å². The Hall–Kier alpha value is -2.22. The molecule has 0 saturated carbocycles. The predicted octanol–water partition coefficient (Wildman–Crippen LogP) is 5.92. The van der Waals surface area contributed by atoms with Gasteiger partial charge in [-0.3, -0.25) is 0 Å². The molecule has 0 spiro atoms. The van der Waals surface area contributed by atoms with Crippen molar-refractivity contribution >= 4 is 5.57 Å². The van der Waals surface area contributed by atoms with Crippen molar-refractivity contribution in [3.63, 3.8) is 0 Å². The van der Waals surface area contributed by atoms with Crippen LogP contribution >= 0.6 is 0 Å². The van der Waals surface area contributed by atoms with E-state index in [9.17, 15) is 8.78 Å². The summed E-state index contributed by atoms with van der Waals surface area (Å²) in [7, 11) is 0. The number of allylic oxidation sites excluding steroid dienone is 4. The molecule has 0 fully saturated rings. The number of aryl methyl sites for hydroxylation is 1. The topological polar surface area (TPSA) is 0 Å². The van der Waals surface area contributed by atoms with Gasteiger partial charge in [-0.25, -0.2) is 8.78 Å². The number of rotatable bonds is 2. The molecule has 0 aliphatic heterocycles. The van der Waals surface area contributed by atoms with Crippen molar-refractivity contribution in [3.05, 3.63) is 77.4 Å². The summed E-state index contributed by atoms with van der Waals surface area (Å²) in [5.74, 6) is -0.145. The van der Waals surface area contributed by atoms with Crippen molar-refractivity contribution in [1.29, 1.82) is 0 Å². The minimum atomic E-state index is -0.322. The highest BCUT2D eigenvalue weighted by molar-refractivity contribution is 5.77. The van der Waals surface area contributed by atoms with E-state index in [-0.39, 0.29) is 11.6 Å². The van der Waals surface area contributed by atoms with Crippen LogP contribution in [0.15, 0.2) is 54.6 Å². The van der Waals surface area contributed by atoms with E-state index >= 15 is 0 Å². The van der Waals surface area contributed by atoms with Crippen LogP contribution in [0, 0.1) is 24.5 Å². The van der Waals surface area contributed by atoms with Crippen molar-refractivity contribution < 1.29 is 8.78 Å². The Labute approximate surface area is 129 Å². The first-order valence-electron chi connectivity index (χ1n) is 7.49. The smallest absolute Gasteiger partial charge is 0.131 e. The van der Waals surface area contributed by atoms with Crippen LogP contribution in [0.25, 0.3) is 16.7 Å². The third-order valence-corrected chi connectivity index (χ3v) is 4.03. The van der Waals surface area contributed by atoms with E-state index in [1.807, 2.05) is 19.1 Å². The molecule has 0 amide bonds. The second-order valence-electron chi connectivity index (χ2n) is 5.91. The molecule has 0 N–H and O–H groups in total. The van der Waals surface area contributed by atoms with Crippen molar-refractivity contribution in [1.82, 2.24) is 0 Å². The summed E-state index contributed by atoms with van der Waals surface area (Å²) in [6.45, 7) is 3.96. The van der Waals surface area contributed by atoms with E-state index in [1.165, 1.54) is 12.1 Å². The van der Waals surface area contributed by atoms with E-state index in [1.54, 1.807) is 18.2 Å². The molecule has 0 nitrogen and oxygen atoms in total. The van der Waals surface area contributed by atoms with E-state index in [0.29, 0.717) is 22.6 Å². The maximum atomic E-state index is 14.4. The third kappa shape index (κ3) is 2.87. The zero-order valence-electron chi connectivity index (χ0n) is 12.7. The SMILES string of the molecule is Cc1ccc(-c2ccc(C3=CCC(C)C=C3)c(F)c2)c(F)c1. The number of hydrogen-bond donors (Lipinski definition) is 0. The maximum Gasteiger partial charge on any atom is 0.131 e. The van der Waals surface area contributed by atoms with Gasteiger partial charge in [-0.1, -0.05) is 49.4 Å². The minimum Gasteiger partial charge on any atom is -0.206 e. The summed E-state index contributed by atoms with van der Waals surface area (Å²) in [5.41, 5.74) is 3.31. The van der Waals surface area contributed by atoms with Gasteiger partial charge in [0.1, 0.15) is 11.6 Å². The fourth-order valence-electron chi connectivity index (χ4n) is 2.70. The van der Waals surface area contributed by atoms with Crippen LogP contribution in [0.1, 0.15) is 24.5 Å². The molecule has 0 heterocycles. The first-order chi connectivity index (χ1) is 10.5. The molecule has 0 saturated heterocycles. The van der Waals surface area contributed by atoms with Crippen LogP contribution in [-0.4, -0.2) is 0 Å². The molecule has 1 unspecified atom stereocenters. The lowest BCUT2D eigenvalue weighted by atomic mass is 9.92. The van der Waals surface area contributed by atoms with E-state index in [2.05, 4.69) is 19.1 Å². The molecule has 2 aromatic carbocycles. The second kappa shape index (κ2) is 5.88. The van der Waals surface area contributed by atoms with Gasteiger partial charge in [0.15, 0.2) is 0 Å². The zero-order valence-corrected chi connectivity index (χ0v) is 12.7. The highest BCUT2D eigenvalue weighted by Crippen LogP contribution is 2.30. The van der Waals surface area contributed by atoms with Gasteiger partial charge in [-0.2, -0.15) is 0 Å². The molecular weight excluding hydrogens is 278 g/mol. The second-order valence-corrected chi connectivity index (χ2v) is 5.91. The predicted molar refractivity (Wildman–Crippen MR) is 87.4 cm³/mol. The third-order valence-electron chi connectivity index (χ3n) is 4.03. The standard InChI is InChI=1S/C20H18F2/c1-13-3-6-15(7-4-13)17-10-8-16(12-20(17)22)18-9-5-14(2)11-19(18)21/h3,5-13H,4H2,1-2H3. The molecule has 0 radical (unpaired) electrons. The minimum absolute atomic E-state index is 0.317. The highest BCUT2D eigenvalue weighted by atomic mass is 19.1. The Balaban J connectivity index is 1.98. The normalized spacial score (nSPS) is 17.5. The van der Waals surface area contributed by atoms with Crippen molar-refractivity contribution in [2.45, 2.75) is 20.3 Å². The molecule has 2 heteroatoms. The summed E-state index contributed by atoms with van der Waals surface area (Å²) in [6.07, 6.45) is 7.01. The lowest BCUT2D eigenvalue weighted by Crippen LogP contribution is -1.97. The maximum absolute atomic E-state index is 14.4. The molecule has 22 heavy (non-hydrogen) atoms. The zero-order chi connectivity index (χ0) is 15.7. The Kier molecular flexibility index (Phi) is 3.93. The van der Waals surface area contributed by atoms with E-state index in [0.717, 1.165) is 17.6 Å². The number of benzene rings is 2. The fraction of sp³-hybridized carbons (Fsp3) is 0.200. The van der Waals surface area contributed by atoms with Crippen molar-refractivity contribution in [2.24, 2.45) is 5.92 Å². The molecule has 1 atom stereocenters. The summed E-state index contributed by atoms with van der Waals surface area (Å²) in [5, 5.41) is 0. The van der Waals surface area contributed by atoms with Crippen molar-refractivity contribution in [3.8, 4) is 11.1 Å². The van der Waals surface area contributed by atoms with Crippen LogP contribution < -0.4 is 0 Å². The van der Waals surface area contributed by atoms with Gasteiger partial charge < -0.3 is 0 Å². The molecular formula is C20H18F2. The summed E-state index contributed by atoms with van der Waals surface area (Å²) in [4.78, 5) is 0. The van der Waals surface area contributed by atoms with Gasteiger partial charge >= 0.3 is 0 Å². The molecule has 0 aromatic heterocycles. The van der Waals surface area contributed by atoms with E-state index in [4.69, 9.17) is 0 Å². The Morgan fingerprint density at radius 1 is 0.955 bits per heavy atom. The Bertz CT molecular complexity index is 769. The fourth-order valence-corrected chi connectivity index (χ4v) is 2.70. The first-order valence-corrected chi connectivity index (χ1v) is 7.49. The lowest BCUT2D eigenvalue weighted by molar-refractivity contribution is 0.621. The average molecular weight is 296 g/mol. The summed E-state index contributed by atoms with van der Waals surface area (Å²) < 4.78 is 28.5. The molecule has 1 aliphatic rings. The van der Waals surface area contributed by atoms with Gasteiger partial charge in [-0.15, -0.1) is 0 Å². The molecule has 2 aromatic rings. The largest absolute Gasteiger partial charge is 0.206 e. The van der Waals surface area contributed by atoms with E-state index < -0.39 is 0 Å². The summed E-state index contributed by atoms with van der Waals surface area (Å²) >= 11 is 0. The van der Waals surface area contributed by atoms with Gasteiger partial charge in [0.2, 0.25) is 0 Å². The van der Waals surface area contributed by atoms with Crippen LogP contribution in [-0.2, 0) is 0 Å². The number of halogens is 2. The lowest BCUT2D eigenvalue weighted by Gasteiger charge is -2.13. The van der Waals surface area contributed by atoms with Crippen LogP contribution in [0.5, 0.6) is 0 Å². The molecule has 3 rings (SSSR count). The highest BCUT2D eigenvalue weighted by Gasteiger charge is 2.12. The van der Waals surface area contributed by atoms with Gasteiger partial charge in [0.05, 0.1) is 0 Å². The summed E-state index contributed by atoms with van der Waals surface area (Å²) in [6, 6.07) is 9.92. The number of hydrogen-bond acceptors (Lipinski definition) is 0. The molecule has 112 valence electrons. The molecule has 1 aliphatic carbocycles. The van der Waals surface area contributed by atoms with Crippen LogP contribution in [0.2, 0.25) is 0 Å². The Morgan fingerprint density at radius 3 is 2.32 bits per heavy atom. The van der Waals surface area contributed by atoms with Crippen molar-refractivity contribution in [2.75, 3.05) is 0 Å². The monoisotopic (exact) mass is 296 g/mol. The Morgan fingerprint density at radius 2 is 1.68 bits per heavy atom. The van der Waals surface area contributed by atoms with Gasteiger partial charge in [0.25, 0.3) is 0 Å².